The predicted octanol–water partition coefficient (Wildman–Crippen LogP) is 2.37. The van der Waals surface area contributed by atoms with E-state index >= 15 is 0 Å². The average Bonchev–Trinajstić information content (AvgIpc) is 2.96. The van der Waals surface area contributed by atoms with Crippen molar-refractivity contribution in [2.24, 2.45) is 0 Å². The van der Waals surface area contributed by atoms with Crippen molar-refractivity contribution in [3.8, 4) is 5.75 Å². The number of para-hydroxylation sites is 2. The normalized spacial score (nSPS) is 17.0. The molecule has 1 saturated heterocycles. The van der Waals surface area contributed by atoms with Crippen LogP contribution in [0.3, 0.4) is 0 Å². The van der Waals surface area contributed by atoms with Crippen molar-refractivity contribution >= 4 is 17.5 Å². The minimum absolute atomic E-state index is 0.233. The van der Waals surface area contributed by atoms with Crippen molar-refractivity contribution in [1.82, 2.24) is 5.32 Å². The van der Waals surface area contributed by atoms with Crippen molar-refractivity contribution in [1.29, 1.82) is 0 Å². The third-order valence-corrected chi connectivity index (χ3v) is 4.01. The highest BCUT2D eigenvalue weighted by Gasteiger charge is 2.35. The van der Waals surface area contributed by atoms with E-state index in [9.17, 15) is 14.0 Å². The first-order chi connectivity index (χ1) is 11.6. The van der Waals surface area contributed by atoms with Gasteiger partial charge < -0.3 is 15.0 Å². The highest BCUT2D eigenvalue weighted by molar-refractivity contribution is 6.04. The molecule has 5 nitrogen and oxygen atoms in total. The van der Waals surface area contributed by atoms with E-state index in [0.717, 1.165) is 0 Å². The molecule has 2 aromatic rings. The zero-order valence-electron chi connectivity index (χ0n) is 13.2. The van der Waals surface area contributed by atoms with E-state index in [2.05, 4.69) is 5.32 Å². The number of nitrogens with one attached hydrogen (secondary N) is 1. The summed E-state index contributed by atoms with van der Waals surface area (Å²) in [6.45, 7) is 0.358. The highest BCUT2D eigenvalue weighted by atomic mass is 19.1. The molecule has 6 heteroatoms. The number of amides is 2. The minimum Gasteiger partial charge on any atom is -0.496 e. The van der Waals surface area contributed by atoms with E-state index < -0.39 is 11.9 Å². The maximum atomic E-state index is 13.9. The molecule has 0 aromatic heterocycles. The monoisotopic (exact) mass is 328 g/mol. The van der Waals surface area contributed by atoms with Gasteiger partial charge in [0.15, 0.2) is 0 Å². The van der Waals surface area contributed by atoms with Gasteiger partial charge in [0.25, 0.3) is 5.91 Å². The molecule has 0 bridgehead atoms. The van der Waals surface area contributed by atoms with Crippen LogP contribution in [-0.2, 0) is 4.79 Å². The maximum absolute atomic E-state index is 13.9. The SMILES string of the molecule is COc1ccccc1C(=O)NC1CCN(c2ccccc2F)C1=O. The fourth-order valence-corrected chi connectivity index (χ4v) is 2.79. The molecule has 1 unspecified atom stereocenters. The summed E-state index contributed by atoms with van der Waals surface area (Å²) in [6.07, 6.45) is 0.425. The zero-order valence-corrected chi connectivity index (χ0v) is 13.2. The lowest BCUT2D eigenvalue weighted by Crippen LogP contribution is -2.41. The Morgan fingerprint density at radius 2 is 1.92 bits per heavy atom. The molecule has 1 N–H and O–H groups in total. The molecule has 1 aliphatic heterocycles. The first-order valence-corrected chi connectivity index (χ1v) is 7.61. The Balaban J connectivity index is 1.74. The van der Waals surface area contributed by atoms with Crippen LogP contribution in [0.25, 0.3) is 0 Å². The number of hydrogen-bond acceptors (Lipinski definition) is 3. The minimum atomic E-state index is -0.679. The third-order valence-electron chi connectivity index (χ3n) is 4.01. The van der Waals surface area contributed by atoms with Gasteiger partial charge in [-0.05, 0) is 30.7 Å². The second-order valence-electron chi connectivity index (χ2n) is 5.46. The number of ether oxygens (including phenoxy) is 1. The summed E-state index contributed by atoms with van der Waals surface area (Å²) in [7, 11) is 1.48. The number of methoxy groups -OCH3 is 1. The Labute approximate surface area is 139 Å². The molecular formula is C18H17FN2O3. The van der Waals surface area contributed by atoms with E-state index in [1.54, 1.807) is 42.5 Å². The molecular weight excluding hydrogens is 311 g/mol. The molecule has 0 saturated carbocycles. The third kappa shape index (κ3) is 2.95. The maximum Gasteiger partial charge on any atom is 0.255 e. The fraction of sp³-hybridized carbons (Fsp3) is 0.222. The van der Waals surface area contributed by atoms with E-state index in [1.807, 2.05) is 0 Å². The van der Waals surface area contributed by atoms with Crippen molar-refractivity contribution in [3.63, 3.8) is 0 Å². The number of hydrogen-bond donors (Lipinski definition) is 1. The number of carbonyl (C=O) groups is 2. The number of rotatable bonds is 4. The van der Waals surface area contributed by atoms with E-state index in [4.69, 9.17) is 4.74 Å². The Morgan fingerprint density at radius 1 is 1.21 bits per heavy atom. The summed E-state index contributed by atoms with van der Waals surface area (Å²) in [4.78, 5) is 26.3. The molecule has 0 aliphatic carbocycles. The molecule has 0 radical (unpaired) electrons. The van der Waals surface area contributed by atoms with Crippen LogP contribution >= 0.6 is 0 Å². The number of benzene rings is 2. The first kappa shape index (κ1) is 16.0. The van der Waals surface area contributed by atoms with Crippen LogP contribution in [0.1, 0.15) is 16.8 Å². The number of halogens is 1. The zero-order chi connectivity index (χ0) is 17.1. The Hall–Kier alpha value is -2.89. The Kier molecular flexibility index (Phi) is 4.46. The van der Waals surface area contributed by atoms with E-state index in [0.29, 0.717) is 24.3 Å². The van der Waals surface area contributed by atoms with Crippen molar-refractivity contribution in [2.45, 2.75) is 12.5 Å². The lowest BCUT2D eigenvalue weighted by molar-refractivity contribution is -0.118. The molecule has 2 aromatic carbocycles. The van der Waals surface area contributed by atoms with Gasteiger partial charge in [-0.3, -0.25) is 9.59 Å². The quantitative estimate of drug-likeness (QED) is 0.937. The van der Waals surface area contributed by atoms with Crippen LogP contribution in [0.5, 0.6) is 5.75 Å². The Bertz CT molecular complexity index is 778. The van der Waals surface area contributed by atoms with Gasteiger partial charge in [0, 0.05) is 6.54 Å². The van der Waals surface area contributed by atoms with Gasteiger partial charge in [0.1, 0.15) is 17.6 Å². The number of carbonyl (C=O) groups excluding carboxylic acids is 2. The predicted molar refractivity (Wildman–Crippen MR) is 87.6 cm³/mol. The fourth-order valence-electron chi connectivity index (χ4n) is 2.79. The smallest absolute Gasteiger partial charge is 0.255 e. The molecule has 1 heterocycles. The standard InChI is InChI=1S/C18H17FN2O3/c1-24-16-9-5-2-6-12(16)17(22)20-14-10-11-21(18(14)23)15-8-4-3-7-13(15)19/h2-9,14H,10-11H2,1H3,(H,20,22). The summed E-state index contributed by atoms with van der Waals surface area (Å²) in [5.74, 6) is -0.724. The van der Waals surface area contributed by atoms with Gasteiger partial charge >= 0.3 is 0 Å². The molecule has 3 rings (SSSR count). The van der Waals surface area contributed by atoms with Crippen LogP contribution in [-0.4, -0.2) is 31.5 Å². The summed E-state index contributed by atoms with van der Waals surface area (Å²) >= 11 is 0. The molecule has 2 amide bonds. The molecule has 24 heavy (non-hydrogen) atoms. The molecule has 1 aliphatic rings. The van der Waals surface area contributed by atoms with Gasteiger partial charge in [-0.15, -0.1) is 0 Å². The van der Waals surface area contributed by atoms with Crippen molar-refractivity contribution < 1.29 is 18.7 Å². The summed E-state index contributed by atoms with van der Waals surface area (Å²) in [5.41, 5.74) is 0.591. The lowest BCUT2D eigenvalue weighted by Gasteiger charge is -2.18. The molecule has 124 valence electrons. The van der Waals surface area contributed by atoms with Crippen LogP contribution in [0.4, 0.5) is 10.1 Å². The summed E-state index contributed by atoms with van der Waals surface area (Å²) in [6, 6.07) is 12.2. The summed E-state index contributed by atoms with van der Waals surface area (Å²) < 4.78 is 19.0. The largest absolute Gasteiger partial charge is 0.496 e. The topological polar surface area (TPSA) is 58.6 Å². The molecule has 0 spiro atoms. The Morgan fingerprint density at radius 3 is 2.67 bits per heavy atom. The summed E-state index contributed by atoms with van der Waals surface area (Å²) in [5, 5.41) is 2.71. The van der Waals surface area contributed by atoms with Crippen LogP contribution in [0, 0.1) is 5.82 Å². The average molecular weight is 328 g/mol. The molecule has 1 fully saturated rings. The molecule has 1 atom stereocenters. The van der Waals surface area contributed by atoms with Crippen molar-refractivity contribution in [3.05, 3.63) is 59.9 Å². The van der Waals surface area contributed by atoms with Crippen molar-refractivity contribution in [2.75, 3.05) is 18.6 Å². The van der Waals surface area contributed by atoms with Gasteiger partial charge in [0.2, 0.25) is 5.91 Å². The number of nitrogens with zero attached hydrogens (tertiary/aromatic N) is 1. The van der Waals surface area contributed by atoms with Gasteiger partial charge in [-0.25, -0.2) is 4.39 Å². The first-order valence-electron chi connectivity index (χ1n) is 7.61. The van der Waals surface area contributed by atoms with Gasteiger partial charge in [-0.1, -0.05) is 24.3 Å². The van der Waals surface area contributed by atoms with Gasteiger partial charge in [0.05, 0.1) is 18.4 Å². The second kappa shape index (κ2) is 6.70. The highest BCUT2D eigenvalue weighted by Crippen LogP contribution is 2.25. The second-order valence-corrected chi connectivity index (χ2v) is 5.46. The lowest BCUT2D eigenvalue weighted by atomic mass is 10.1. The van der Waals surface area contributed by atoms with Crippen LogP contribution < -0.4 is 15.0 Å². The number of anilines is 1. The van der Waals surface area contributed by atoms with E-state index in [-0.39, 0.29) is 17.5 Å². The van der Waals surface area contributed by atoms with Gasteiger partial charge in [-0.2, -0.15) is 0 Å². The van der Waals surface area contributed by atoms with E-state index in [1.165, 1.54) is 18.1 Å². The van der Waals surface area contributed by atoms with Crippen LogP contribution in [0.15, 0.2) is 48.5 Å². The van der Waals surface area contributed by atoms with Crippen LogP contribution in [0.2, 0.25) is 0 Å².